The molecule has 0 saturated heterocycles. The quantitative estimate of drug-likeness (QED) is 0.174. The van der Waals surface area contributed by atoms with E-state index in [1.165, 1.54) is 76.0 Å². The number of allylic oxidation sites excluding steroid dienone is 2. The van der Waals surface area contributed by atoms with E-state index in [0.29, 0.717) is 0 Å². The second-order valence-electron chi connectivity index (χ2n) is 16.9. The monoisotopic (exact) mass is 780 g/mol. The number of nitrogens with one attached hydrogen (secondary N) is 2. The Morgan fingerprint density at radius 1 is 0.443 bits per heavy atom. The largest absolute Gasteiger partial charge is 0.373 e. The summed E-state index contributed by atoms with van der Waals surface area (Å²) >= 11 is 0. The van der Waals surface area contributed by atoms with Gasteiger partial charge in [-0.3, -0.25) is 4.57 Å². The molecule has 0 fully saturated rings. The second kappa shape index (κ2) is 12.8. The van der Waals surface area contributed by atoms with Crippen molar-refractivity contribution in [2.75, 3.05) is 0 Å². The Labute approximate surface area is 353 Å². The van der Waals surface area contributed by atoms with Gasteiger partial charge in [0.15, 0.2) is 0 Å². The molecule has 3 heterocycles. The second-order valence-corrected chi connectivity index (χ2v) is 16.9. The van der Waals surface area contributed by atoms with Crippen molar-refractivity contribution in [3.8, 4) is 16.8 Å². The van der Waals surface area contributed by atoms with Crippen molar-refractivity contribution in [3.05, 3.63) is 212 Å². The number of nitrogens with zero attached hydrogens (tertiary/aromatic N) is 2. The van der Waals surface area contributed by atoms with Crippen LogP contribution in [0.4, 0.5) is 0 Å². The highest BCUT2D eigenvalue weighted by atomic mass is 15.2. The van der Waals surface area contributed by atoms with Gasteiger partial charge in [0.2, 0.25) is 0 Å². The van der Waals surface area contributed by atoms with Gasteiger partial charge in [-0.2, -0.15) is 0 Å². The maximum atomic E-state index is 4.13. The molecule has 4 heteroatoms. The van der Waals surface area contributed by atoms with E-state index in [1.807, 2.05) is 0 Å². The summed E-state index contributed by atoms with van der Waals surface area (Å²) in [6.07, 6.45) is 8.88. The van der Waals surface area contributed by atoms with Crippen LogP contribution in [0.2, 0.25) is 0 Å². The van der Waals surface area contributed by atoms with Crippen LogP contribution in [0.3, 0.4) is 0 Å². The van der Waals surface area contributed by atoms with Crippen LogP contribution in [0.5, 0.6) is 0 Å². The highest BCUT2D eigenvalue weighted by molar-refractivity contribution is 6.28. The predicted octanol–water partition coefficient (Wildman–Crippen LogP) is 13.7. The predicted molar refractivity (Wildman–Crippen MR) is 258 cm³/mol. The molecule has 2 aliphatic rings. The molecule has 9 aromatic carbocycles. The topological polar surface area (TPSA) is 33.9 Å². The first-order valence-corrected chi connectivity index (χ1v) is 21.2. The summed E-state index contributed by atoms with van der Waals surface area (Å²) in [5, 5.41) is 20.6. The Balaban J connectivity index is 1.14. The number of rotatable bonds is 4. The molecule has 2 atom stereocenters. The third-order valence-electron chi connectivity index (χ3n) is 13.4. The van der Waals surface area contributed by atoms with Gasteiger partial charge < -0.3 is 15.2 Å². The fourth-order valence-electron chi connectivity index (χ4n) is 10.3. The highest BCUT2D eigenvalue weighted by Crippen LogP contribution is 2.44. The first-order valence-electron chi connectivity index (χ1n) is 21.2. The van der Waals surface area contributed by atoms with Crippen molar-refractivity contribution >= 4 is 87.4 Å². The van der Waals surface area contributed by atoms with E-state index in [9.17, 15) is 0 Å². The average Bonchev–Trinajstić information content (AvgIpc) is 3.82. The van der Waals surface area contributed by atoms with Crippen LogP contribution in [0.25, 0.3) is 104 Å². The molecule has 13 rings (SSSR count). The number of benzene rings is 9. The van der Waals surface area contributed by atoms with Crippen LogP contribution in [0, 0.1) is 0 Å². The van der Waals surface area contributed by atoms with Gasteiger partial charge in [-0.1, -0.05) is 164 Å². The van der Waals surface area contributed by atoms with Gasteiger partial charge in [-0.05, 0) is 92.8 Å². The first-order chi connectivity index (χ1) is 30.1. The van der Waals surface area contributed by atoms with Crippen LogP contribution in [0.1, 0.15) is 12.5 Å². The van der Waals surface area contributed by atoms with Crippen molar-refractivity contribution in [2.24, 2.45) is 0 Å². The Kier molecular flexibility index (Phi) is 7.17. The summed E-state index contributed by atoms with van der Waals surface area (Å²) < 4.78 is 4.95. The molecule has 1 aliphatic carbocycles. The molecule has 11 aromatic rings. The lowest BCUT2D eigenvalue weighted by atomic mass is 9.85. The molecular formula is C57H40N4. The number of aromatic nitrogens is 2. The van der Waals surface area contributed by atoms with Gasteiger partial charge in [0, 0.05) is 32.8 Å². The first kappa shape index (κ1) is 34.1. The third-order valence-corrected chi connectivity index (χ3v) is 13.4. The average molecular weight is 781 g/mol. The molecule has 0 radical (unpaired) electrons. The zero-order valence-electron chi connectivity index (χ0n) is 33.6. The van der Waals surface area contributed by atoms with Gasteiger partial charge in [-0.15, -0.1) is 0 Å². The maximum Gasteiger partial charge on any atom is 0.136 e. The molecule has 0 spiro atoms. The van der Waals surface area contributed by atoms with E-state index in [0.717, 1.165) is 33.8 Å². The molecule has 1 aliphatic heterocycles. The minimum absolute atomic E-state index is 0.0632. The Morgan fingerprint density at radius 3 is 2.00 bits per heavy atom. The van der Waals surface area contributed by atoms with E-state index >= 15 is 0 Å². The number of hydrogen-bond acceptors (Lipinski definition) is 2. The van der Waals surface area contributed by atoms with Crippen molar-refractivity contribution < 1.29 is 0 Å². The molecule has 0 saturated carbocycles. The lowest BCUT2D eigenvalue weighted by molar-refractivity contribution is 0.402. The summed E-state index contributed by atoms with van der Waals surface area (Å²) in [6, 6.07) is 67.1. The van der Waals surface area contributed by atoms with E-state index in [1.54, 1.807) is 0 Å². The van der Waals surface area contributed by atoms with Gasteiger partial charge in [0.05, 0.1) is 39.3 Å². The summed E-state index contributed by atoms with van der Waals surface area (Å²) in [5.74, 6) is 1.03. The van der Waals surface area contributed by atoms with Crippen LogP contribution in [0.15, 0.2) is 206 Å². The van der Waals surface area contributed by atoms with Crippen molar-refractivity contribution in [3.63, 3.8) is 0 Å². The fraction of sp³-hybridized carbons (Fsp3) is 0.0526. The third kappa shape index (κ3) is 5.06. The van der Waals surface area contributed by atoms with Gasteiger partial charge in [0.25, 0.3) is 0 Å². The Hall–Kier alpha value is -7.82. The molecule has 61 heavy (non-hydrogen) atoms. The molecule has 288 valence electrons. The smallest absolute Gasteiger partial charge is 0.136 e. The van der Waals surface area contributed by atoms with Crippen LogP contribution in [-0.4, -0.2) is 20.7 Å². The van der Waals surface area contributed by atoms with Crippen LogP contribution < -0.4 is 10.6 Å². The summed E-state index contributed by atoms with van der Waals surface area (Å²) in [6.45, 7) is 2.29. The molecule has 0 bridgehead atoms. The van der Waals surface area contributed by atoms with E-state index in [-0.39, 0.29) is 11.6 Å². The molecule has 2 aromatic heterocycles. The van der Waals surface area contributed by atoms with E-state index in [2.05, 4.69) is 233 Å². The zero-order chi connectivity index (χ0) is 40.2. The minimum Gasteiger partial charge on any atom is -0.373 e. The Morgan fingerprint density at radius 2 is 1.13 bits per heavy atom. The number of fused-ring (bicyclic) bond motifs is 12. The van der Waals surface area contributed by atoms with Gasteiger partial charge >= 0.3 is 0 Å². The lowest BCUT2D eigenvalue weighted by Gasteiger charge is -2.44. The molecule has 4 nitrogen and oxygen atoms in total. The minimum atomic E-state index is -0.358. The van der Waals surface area contributed by atoms with Crippen molar-refractivity contribution in [1.82, 2.24) is 19.8 Å². The van der Waals surface area contributed by atoms with Crippen molar-refractivity contribution in [2.45, 2.75) is 18.5 Å². The van der Waals surface area contributed by atoms with Gasteiger partial charge in [0.1, 0.15) is 5.82 Å². The highest BCUT2D eigenvalue weighted by Gasteiger charge is 2.39. The van der Waals surface area contributed by atoms with Crippen molar-refractivity contribution in [1.29, 1.82) is 0 Å². The SMILES string of the molecule is CC12C=CC=CC1NC(c1ccc3ccccc3c1)=C(n1c3ccccc3c3cc4c5c6ccc7ccccc7c6ccc5n(-c5ccc(-c6ccccc6)cc5)c4cc31)N2. The molecule has 2 unspecified atom stereocenters. The molecular weight excluding hydrogens is 741 g/mol. The number of hydrogen-bond donors (Lipinski definition) is 2. The maximum absolute atomic E-state index is 4.13. The van der Waals surface area contributed by atoms with E-state index < -0.39 is 0 Å². The summed E-state index contributed by atoms with van der Waals surface area (Å²) in [7, 11) is 0. The normalized spacial score (nSPS) is 17.6. The zero-order valence-corrected chi connectivity index (χ0v) is 33.6. The van der Waals surface area contributed by atoms with Gasteiger partial charge in [-0.25, -0.2) is 0 Å². The Bertz CT molecular complexity index is 3710. The molecule has 2 N–H and O–H groups in total. The van der Waals surface area contributed by atoms with Crippen LogP contribution >= 0.6 is 0 Å². The van der Waals surface area contributed by atoms with E-state index in [4.69, 9.17) is 0 Å². The molecule has 0 amide bonds. The summed E-state index contributed by atoms with van der Waals surface area (Å²) in [5.41, 5.74) is 10.1. The summed E-state index contributed by atoms with van der Waals surface area (Å²) in [4.78, 5) is 0. The number of para-hydroxylation sites is 1. The fourth-order valence-corrected chi connectivity index (χ4v) is 10.3. The van der Waals surface area contributed by atoms with Crippen LogP contribution in [-0.2, 0) is 0 Å². The lowest BCUT2D eigenvalue weighted by Crippen LogP contribution is -2.59. The standard InChI is InChI=1S/C57H40N4/c1-57-32-12-11-21-53(57)58-55(41-23-22-37-15-5-6-17-40(37)33-41)56(59-57)61-49-20-10-9-19-45(49)47-34-48-52(35-51(47)61)60(42-27-24-38(25-28-42)36-13-3-2-4-14-36)50-31-30-44-43-18-8-7-16-39(43)26-29-46(44)54(48)50/h2-35,53,58-59H,1H3.